The Morgan fingerprint density at radius 2 is 1.65 bits per heavy atom. The van der Waals surface area contributed by atoms with E-state index in [2.05, 4.69) is 5.32 Å². The van der Waals surface area contributed by atoms with E-state index in [1.807, 2.05) is 24.3 Å². The molecular formula is C26H23F2N3O3. The minimum atomic E-state index is -0.476. The van der Waals surface area contributed by atoms with Crippen molar-refractivity contribution in [1.29, 1.82) is 0 Å². The molecule has 0 aliphatic carbocycles. The normalized spacial score (nSPS) is 21.6. The van der Waals surface area contributed by atoms with Crippen LogP contribution in [0.2, 0.25) is 0 Å². The van der Waals surface area contributed by atoms with E-state index >= 15 is 0 Å². The van der Waals surface area contributed by atoms with E-state index in [0.717, 1.165) is 16.7 Å². The number of amides is 3. The van der Waals surface area contributed by atoms with Crippen molar-refractivity contribution in [3.05, 3.63) is 90.0 Å². The van der Waals surface area contributed by atoms with Crippen LogP contribution < -0.4 is 5.32 Å². The molecule has 0 saturated carbocycles. The largest absolute Gasteiger partial charge is 0.394 e. The van der Waals surface area contributed by atoms with Gasteiger partial charge in [-0.2, -0.15) is 0 Å². The summed E-state index contributed by atoms with van der Waals surface area (Å²) < 4.78 is 26.7. The molecule has 8 heteroatoms. The third-order valence-corrected chi connectivity index (χ3v) is 6.59. The third kappa shape index (κ3) is 4.01. The van der Waals surface area contributed by atoms with E-state index in [1.54, 1.807) is 23.1 Å². The monoisotopic (exact) mass is 463 g/mol. The molecule has 3 amide bonds. The predicted molar refractivity (Wildman–Crippen MR) is 123 cm³/mol. The van der Waals surface area contributed by atoms with E-state index in [4.69, 9.17) is 0 Å². The van der Waals surface area contributed by atoms with Crippen molar-refractivity contribution in [2.24, 2.45) is 0 Å². The van der Waals surface area contributed by atoms with Gasteiger partial charge >= 0.3 is 6.03 Å². The van der Waals surface area contributed by atoms with Gasteiger partial charge in [0.25, 0.3) is 0 Å². The fourth-order valence-corrected chi connectivity index (χ4v) is 4.96. The van der Waals surface area contributed by atoms with Crippen molar-refractivity contribution in [1.82, 2.24) is 9.80 Å². The lowest BCUT2D eigenvalue weighted by Crippen LogP contribution is -2.73. The number of aliphatic hydroxyl groups is 1. The van der Waals surface area contributed by atoms with Gasteiger partial charge in [-0.05, 0) is 47.0 Å². The van der Waals surface area contributed by atoms with E-state index in [1.165, 1.54) is 35.2 Å². The van der Waals surface area contributed by atoms with Gasteiger partial charge in [-0.15, -0.1) is 0 Å². The second kappa shape index (κ2) is 8.87. The summed E-state index contributed by atoms with van der Waals surface area (Å²) >= 11 is 0. The summed E-state index contributed by atoms with van der Waals surface area (Å²) in [6.45, 7) is 0.0141. The zero-order valence-electron chi connectivity index (χ0n) is 18.2. The minimum absolute atomic E-state index is 0.107. The van der Waals surface area contributed by atoms with Crippen molar-refractivity contribution in [2.45, 2.75) is 18.0 Å². The second-order valence-electron chi connectivity index (χ2n) is 8.59. The van der Waals surface area contributed by atoms with Crippen LogP contribution in [0, 0.1) is 11.6 Å². The summed E-state index contributed by atoms with van der Waals surface area (Å²) in [7, 11) is 0. The molecule has 5 rings (SSSR count). The number of nitrogens with one attached hydrogen (secondary N) is 1. The van der Waals surface area contributed by atoms with Crippen molar-refractivity contribution in [3.8, 4) is 11.1 Å². The standard InChI is InChI=1S/C26H23F2N3O3/c27-19-10-8-17(9-11-19)16-4-6-18(7-5-16)25-22-13-30(14-24(33)31(22)23(25)15-32)26(34)29-21-3-1-2-20(28)12-21/h1-12,22-23,25,32H,13-15H2,(H,29,34)/t22-,23-,25+/m0/s1. The average molecular weight is 463 g/mol. The van der Waals surface area contributed by atoms with Gasteiger partial charge < -0.3 is 20.2 Å². The summed E-state index contributed by atoms with van der Waals surface area (Å²) in [5.74, 6) is -1.13. The molecule has 3 atom stereocenters. The molecule has 2 aliphatic rings. The van der Waals surface area contributed by atoms with Gasteiger partial charge in [-0.1, -0.05) is 42.5 Å². The number of rotatable bonds is 4. The first kappa shape index (κ1) is 22.0. The molecule has 2 aliphatic heterocycles. The highest BCUT2D eigenvalue weighted by molar-refractivity contribution is 5.93. The van der Waals surface area contributed by atoms with Crippen LogP contribution in [0.3, 0.4) is 0 Å². The quantitative estimate of drug-likeness (QED) is 0.618. The number of carbonyl (C=O) groups is 2. The van der Waals surface area contributed by atoms with Gasteiger partial charge in [0.05, 0.1) is 18.7 Å². The molecule has 0 bridgehead atoms. The number of anilines is 1. The topological polar surface area (TPSA) is 72.9 Å². The first-order chi connectivity index (χ1) is 16.4. The van der Waals surface area contributed by atoms with Gasteiger partial charge in [0.1, 0.15) is 18.2 Å². The Balaban J connectivity index is 1.34. The van der Waals surface area contributed by atoms with Crippen LogP contribution in [0.15, 0.2) is 72.8 Å². The lowest BCUT2D eigenvalue weighted by Gasteiger charge is -2.58. The molecule has 0 radical (unpaired) electrons. The number of nitrogens with zero attached hydrogens (tertiary/aromatic N) is 2. The van der Waals surface area contributed by atoms with E-state index in [0.29, 0.717) is 12.2 Å². The predicted octanol–water partition coefficient (Wildman–Crippen LogP) is 3.83. The summed E-state index contributed by atoms with van der Waals surface area (Å²) in [4.78, 5) is 28.6. The Morgan fingerprint density at radius 1 is 0.971 bits per heavy atom. The third-order valence-electron chi connectivity index (χ3n) is 6.59. The summed E-state index contributed by atoms with van der Waals surface area (Å²) in [6.07, 6.45) is 0. The number of hydrogen-bond donors (Lipinski definition) is 2. The highest BCUT2D eigenvalue weighted by Crippen LogP contribution is 2.43. The highest BCUT2D eigenvalue weighted by atomic mass is 19.1. The molecule has 3 aromatic carbocycles. The van der Waals surface area contributed by atoms with Crippen molar-refractivity contribution < 1.29 is 23.5 Å². The highest BCUT2D eigenvalue weighted by Gasteiger charge is 2.54. The Hall–Kier alpha value is -3.78. The lowest BCUT2D eigenvalue weighted by atomic mass is 9.73. The number of carbonyl (C=O) groups excluding carboxylic acids is 2. The fraction of sp³-hybridized carbons (Fsp3) is 0.231. The molecule has 0 aromatic heterocycles. The molecule has 0 spiro atoms. The van der Waals surface area contributed by atoms with Crippen molar-refractivity contribution in [2.75, 3.05) is 25.0 Å². The SMILES string of the molecule is O=C(Nc1cccc(F)c1)N1CC(=O)N2[C@@H](CO)[C@H](c3ccc(-c4ccc(F)cc4)cc3)[C@@H]2C1. The molecule has 34 heavy (non-hydrogen) atoms. The van der Waals surface area contributed by atoms with Crippen LogP contribution in [0.25, 0.3) is 11.1 Å². The molecule has 174 valence electrons. The number of benzene rings is 3. The molecule has 3 aromatic rings. The molecule has 2 heterocycles. The number of hydrogen-bond acceptors (Lipinski definition) is 3. The first-order valence-electron chi connectivity index (χ1n) is 11.0. The molecule has 2 N–H and O–H groups in total. The summed E-state index contributed by atoms with van der Waals surface area (Å²) in [6, 6.07) is 18.5. The molecular weight excluding hydrogens is 440 g/mol. The smallest absolute Gasteiger partial charge is 0.322 e. The van der Waals surface area contributed by atoms with Gasteiger partial charge in [0.15, 0.2) is 0 Å². The van der Waals surface area contributed by atoms with Gasteiger partial charge in [0.2, 0.25) is 5.91 Å². The van der Waals surface area contributed by atoms with E-state index in [-0.39, 0.29) is 42.9 Å². The van der Waals surface area contributed by atoms with Crippen LogP contribution in [0.5, 0.6) is 0 Å². The summed E-state index contributed by atoms with van der Waals surface area (Å²) in [5.41, 5.74) is 3.08. The fourth-order valence-electron chi connectivity index (χ4n) is 4.96. The van der Waals surface area contributed by atoms with Gasteiger partial charge in [-0.25, -0.2) is 13.6 Å². The maximum absolute atomic E-state index is 13.5. The number of urea groups is 1. The Labute approximate surface area is 195 Å². The molecule has 2 saturated heterocycles. The zero-order chi connectivity index (χ0) is 23.8. The number of piperazine rings is 1. The van der Waals surface area contributed by atoms with Crippen LogP contribution in [-0.2, 0) is 4.79 Å². The van der Waals surface area contributed by atoms with Crippen LogP contribution in [-0.4, -0.2) is 58.6 Å². The number of fused-ring (bicyclic) bond motifs is 1. The van der Waals surface area contributed by atoms with Crippen LogP contribution >= 0.6 is 0 Å². The van der Waals surface area contributed by atoms with E-state index < -0.39 is 11.8 Å². The van der Waals surface area contributed by atoms with Crippen molar-refractivity contribution >= 4 is 17.6 Å². The Bertz CT molecular complexity index is 1220. The Morgan fingerprint density at radius 3 is 2.29 bits per heavy atom. The second-order valence-corrected chi connectivity index (χ2v) is 8.59. The Kier molecular flexibility index (Phi) is 5.75. The zero-order valence-corrected chi connectivity index (χ0v) is 18.2. The van der Waals surface area contributed by atoms with Gasteiger partial charge in [-0.3, -0.25) is 4.79 Å². The number of halogens is 2. The van der Waals surface area contributed by atoms with Gasteiger partial charge in [0, 0.05) is 18.2 Å². The summed E-state index contributed by atoms with van der Waals surface area (Å²) in [5, 5.41) is 12.6. The molecule has 2 fully saturated rings. The van der Waals surface area contributed by atoms with E-state index in [9.17, 15) is 23.5 Å². The van der Waals surface area contributed by atoms with Crippen LogP contribution in [0.1, 0.15) is 11.5 Å². The molecule has 6 nitrogen and oxygen atoms in total. The minimum Gasteiger partial charge on any atom is -0.394 e. The first-order valence-corrected chi connectivity index (χ1v) is 11.0. The van der Waals surface area contributed by atoms with Crippen LogP contribution in [0.4, 0.5) is 19.3 Å². The molecule has 0 unspecified atom stereocenters. The maximum atomic E-state index is 13.5. The number of aliphatic hydroxyl groups excluding tert-OH is 1. The maximum Gasteiger partial charge on any atom is 0.322 e. The lowest BCUT2D eigenvalue weighted by molar-refractivity contribution is -0.159. The van der Waals surface area contributed by atoms with Crippen molar-refractivity contribution in [3.63, 3.8) is 0 Å². The average Bonchev–Trinajstić information content (AvgIpc) is 2.81.